The Morgan fingerprint density at radius 3 is 2.60 bits per heavy atom. The van der Waals surface area contributed by atoms with Crippen LogP contribution in [0.2, 0.25) is 0 Å². The Morgan fingerprint density at radius 1 is 1.05 bits per heavy atom. The van der Waals surface area contributed by atoms with Crippen LogP contribution in [0, 0.1) is 0 Å². The number of rotatable bonds is 3. The van der Waals surface area contributed by atoms with Gasteiger partial charge in [-0.05, 0) is 43.4 Å². The molecule has 0 radical (unpaired) electrons. The first-order valence-electron chi connectivity index (χ1n) is 6.68. The van der Waals surface area contributed by atoms with Crippen LogP contribution in [0.3, 0.4) is 0 Å². The fourth-order valence-corrected chi connectivity index (χ4v) is 2.77. The minimum Gasteiger partial charge on any atom is -0.508 e. The number of benzene rings is 2. The van der Waals surface area contributed by atoms with E-state index in [2.05, 4.69) is 48.4 Å². The second kappa shape index (κ2) is 5.02. The third-order valence-electron chi connectivity index (χ3n) is 3.62. The lowest BCUT2D eigenvalue weighted by Gasteiger charge is -2.24. The summed E-state index contributed by atoms with van der Waals surface area (Å²) in [6.07, 6.45) is 2.05. The van der Waals surface area contributed by atoms with Crippen molar-refractivity contribution in [3.05, 3.63) is 65.9 Å². The summed E-state index contributed by atoms with van der Waals surface area (Å²) in [5.74, 6) is 0.300. The van der Waals surface area contributed by atoms with Crippen molar-refractivity contribution < 1.29 is 5.11 Å². The van der Waals surface area contributed by atoms with Crippen LogP contribution in [0.5, 0.6) is 5.75 Å². The number of hydrogen-bond donors (Lipinski definition) is 2. The van der Waals surface area contributed by atoms with Crippen LogP contribution in [-0.4, -0.2) is 29.1 Å². The summed E-state index contributed by atoms with van der Waals surface area (Å²) in [6, 6.07) is 15.9. The van der Waals surface area contributed by atoms with E-state index in [1.165, 1.54) is 10.9 Å². The van der Waals surface area contributed by atoms with Gasteiger partial charge in [-0.15, -0.1) is 0 Å². The molecule has 0 spiro atoms. The third kappa shape index (κ3) is 2.17. The quantitative estimate of drug-likeness (QED) is 0.761. The number of nitrogens with one attached hydrogen (secondary N) is 1. The number of aromatic hydroxyl groups is 1. The van der Waals surface area contributed by atoms with Gasteiger partial charge in [0.05, 0.1) is 6.04 Å². The highest BCUT2D eigenvalue weighted by atomic mass is 16.3. The van der Waals surface area contributed by atoms with Gasteiger partial charge in [0.15, 0.2) is 0 Å². The maximum atomic E-state index is 9.73. The summed E-state index contributed by atoms with van der Waals surface area (Å²) < 4.78 is 0. The fourth-order valence-electron chi connectivity index (χ4n) is 2.77. The largest absolute Gasteiger partial charge is 0.508 e. The van der Waals surface area contributed by atoms with Gasteiger partial charge in [0, 0.05) is 17.1 Å². The Balaban J connectivity index is 2.16. The lowest BCUT2D eigenvalue weighted by molar-refractivity contribution is 0.343. The first kappa shape index (κ1) is 12.8. The van der Waals surface area contributed by atoms with Crippen LogP contribution in [0.25, 0.3) is 10.9 Å². The normalized spacial score (nSPS) is 12.9. The predicted octanol–water partition coefficient (Wildman–Crippen LogP) is 3.52. The molecule has 1 aromatic heterocycles. The van der Waals surface area contributed by atoms with E-state index in [0.29, 0.717) is 5.75 Å². The van der Waals surface area contributed by atoms with Crippen molar-refractivity contribution in [2.24, 2.45) is 0 Å². The summed E-state index contributed by atoms with van der Waals surface area (Å²) >= 11 is 0. The Morgan fingerprint density at radius 2 is 1.85 bits per heavy atom. The average molecular weight is 266 g/mol. The van der Waals surface area contributed by atoms with E-state index in [4.69, 9.17) is 0 Å². The van der Waals surface area contributed by atoms with Gasteiger partial charge in [0.25, 0.3) is 0 Å². The van der Waals surface area contributed by atoms with E-state index in [1.807, 2.05) is 24.3 Å². The summed E-state index contributed by atoms with van der Waals surface area (Å²) in [6.45, 7) is 0. The molecule has 3 heteroatoms. The molecule has 102 valence electrons. The number of aromatic amines is 1. The molecule has 3 rings (SSSR count). The Bertz CT molecular complexity index is 730. The van der Waals surface area contributed by atoms with Crippen LogP contribution in [0.15, 0.2) is 54.7 Å². The molecule has 20 heavy (non-hydrogen) atoms. The fraction of sp³-hybridized carbons (Fsp3) is 0.176. The number of hydrogen-bond acceptors (Lipinski definition) is 2. The molecule has 0 aliphatic carbocycles. The van der Waals surface area contributed by atoms with Gasteiger partial charge in [0.2, 0.25) is 0 Å². The number of phenols is 1. The zero-order valence-corrected chi connectivity index (χ0v) is 11.7. The molecule has 3 aromatic rings. The third-order valence-corrected chi connectivity index (χ3v) is 3.62. The van der Waals surface area contributed by atoms with E-state index in [-0.39, 0.29) is 6.04 Å². The van der Waals surface area contributed by atoms with Crippen molar-refractivity contribution in [1.29, 1.82) is 0 Å². The summed E-state index contributed by atoms with van der Waals surface area (Å²) in [7, 11) is 4.10. The van der Waals surface area contributed by atoms with Crippen molar-refractivity contribution >= 4 is 10.9 Å². The highest BCUT2D eigenvalue weighted by molar-refractivity contribution is 5.84. The maximum absolute atomic E-state index is 9.73. The lowest BCUT2D eigenvalue weighted by Crippen LogP contribution is -2.20. The molecule has 1 heterocycles. The molecule has 0 saturated carbocycles. The van der Waals surface area contributed by atoms with Gasteiger partial charge < -0.3 is 10.1 Å². The number of phenolic OH excluding ortho intramolecular Hbond substituents is 1. The Labute approximate surface area is 118 Å². The summed E-state index contributed by atoms with van der Waals surface area (Å²) in [5.41, 5.74) is 3.44. The van der Waals surface area contributed by atoms with E-state index in [0.717, 1.165) is 11.1 Å². The SMILES string of the molecule is CN(C)C(c1cccc(O)c1)c1c[nH]c2ccccc12. The van der Waals surface area contributed by atoms with Gasteiger partial charge in [-0.1, -0.05) is 30.3 Å². The van der Waals surface area contributed by atoms with Crippen LogP contribution < -0.4 is 0 Å². The second-order valence-electron chi connectivity index (χ2n) is 5.25. The number of aromatic nitrogens is 1. The van der Waals surface area contributed by atoms with Crippen LogP contribution in [0.4, 0.5) is 0 Å². The zero-order chi connectivity index (χ0) is 14.1. The van der Waals surface area contributed by atoms with Gasteiger partial charge in [-0.3, -0.25) is 4.90 Å². The van der Waals surface area contributed by atoms with E-state index in [1.54, 1.807) is 6.07 Å². The van der Waals surface area contributed by atoms with Gasteiger partial charge >= 0.3 is 0 Å². The molecule has 0 aliphatic rings. The molecule has 3 nitrogen and oxygen atoms in total. The molecule has 0 saturated heterocycles. The highest BCUT2D eigenvalue weighted by Crippen LogP contribution is 2.33. The van der Waals surface area contributed by atoms with Crippen molar-refractivity contribution in [2.75, 3.05) is 14.1 Å². The Kier molecular flexibility index (Phi) is 3.20. The molecule has 0 amide bonds. The van der Waals surface area contributed by atoms with Gasteiger partial charge in [-0.25, -0.2) is 0 Å². The van der Waals surface area contributed by atoms with Gasteiger partial charge in [0.1, 0.15) is 5.75 Å². The van der Waals surface area contributed by atoms with Crippen molar-refractivity contribution in [3.8, 4) is 5.75 Å². The molecule has 1 atom stereocenters. The molecular weight excluding hydrogens is 248 g/mol. The second-order valence-corrected chi connectivity index (χ2v) is 5.25. The smallest absolute Gasteiger partial charge is 0.115 e. The van der Waals surface area contributed by atoms with E-state index in [9.17, 15) is 5.11 Å². The summed E-state index contributed by atoms with van der Waals surface area (Å²) in [5, 5.41) is 10.9. The minimum atomic E-state index is 0.109. The molecule has 0 fully saturated rings. The molecule has 0 aliphatic heterocycles. The molecule has 1 unspecified atom stereocenters. The van der Waals surface area contributed by atoms with Gasteiger partial charge in [-0.2, -0.15) is 0 Å². The van der Waals surface area contributed by atoms with Crippen LogP contribution in [0.1, 0.15) is 17.2 Å². The summed E-state index contributed by atoms with van der Waals surface area (Å²) in [4.78, 5) is 5.48. The highest BCUT2D eigenvalue weighted by Gasteiger charge is 2.20. The molecular formula is C17H18N2O. The number of para-hydroxylation sites is 1. The van der Waals surface area contributed by atoms with Crippen molar-refractivity contribution in [1.82, 2.24) is 9.88 Å². The standard InChI is InChI=1S/C17H18N2O/c1-19(2)17(12-6-5-7-13(20)10-12)15-11-18-16-9-4-3-8-14(15)16/h3-11,17-18,20H,1-2H3. The van der Waals surface area contributed by atoms with Crippen molar-refractivity contribution in [3.63, 3.8) is 0 Å². The molecule has 2 aromatic carbocycles. The first-order chi connectivity index (χ1) is 9.66. The monoisotopic (exact) mass is 266 g/mol. The van der Waals surface area contributed by atoms with Crippen LogP contribution >= 0.6 is 0 Å². The molecule has 2 N–H and O–H groups in total. The topological polar surface area (TPSA) is 39.3 Å². The predicted molar refractivity (Wildman–Crippen MR) is 81.9 cm³/mol. The minimum absolute atomic E-state index is 0.109. The number of H-pyrrole nitrogens is 1. The van der Waals surface area contributed by atoms with E-state index < -0.39 is 0 Å². The van der Waals surface area contributed by atoms with Crippen LogP contribution in [-0.2, 0) is 0 Å². The van der Waals surface area contributed by atoms with E-state index >= 15 is 0 Å². The average Bonchev–Trinajstić information content (AvgIpc) is 2.83. The first-order valence-corrected chi connectivity index (χ1v) is 6.68. The zero-order valence-electron chi connectivity index (χ0n) is 11.7. The maximum Gasteiger partial charge on any atom is 0.115 e. The Hall–Kier alpha value is -2.26. The van der Waals surface area contributed by atoms with Crippen molar-refractivity contribution in [2.45, 2.75) is 6.04 Å². The molecule has 0 bridgehead atoms. The number of nitrogens with zero attached hydrogens (tertiary/aromatic N) is 1. The number of fused-ring (bicyclic) bond motifs is 1. The lowest BCUT2D eigenvalue weighted by atomic mass is 9.97.